The highest BCUT2D eigenvalue weighted by atomic mass is 16.7. The Balaban J connectivity index is 2.37. The Labute approximate surface area is 72.6 Å². The van der Waals surface area contributed by atoms with E-state index in [1.165, 1.54) is 6.08 Å². The lowest BCUT2D eigenvalue weighted by atomic mass is 9.96. The highest BCUT2D eigenvalue weighted by Gasteiger charge is 2.26. The van der Waals surface area contributed by atoms with Gasteiger partial charge in [0.2, 0.25) is 0 Å². The van der Waals surface area contributed by atoms with Crippen LogP contribution >= 0.6 is 0 Å². The van der Waals surface area contributed by atoms with Crippen molar-refractivity contribution in [1.82, 2.24) is 0 Å². The van der Waals surface area contributed by atoms with Gasteiger partial charge in [-0.25, -0.2) is 0 Å². The summed E-state index contributed by atoms with van der Waals surface area (Å²) in [6.45, 7) is 5.51. The van der Waals surface area contributed by atoms with Crippen LogP contribution in [-0.4, -0.2) is 19.5 Å². The van der Waals surface area contributed by atoms with Crippen LogP contribution < -0.4 is 0 Å². The van der Waals surface area contributed by atoms with Crippen LogP contribution in [0, 0.1) is 16.7 Å². The van der Waals surface area contributed by atoms with E-state index >= 15 is 0 Å². The second kappa shape index (κ2) is 3.70. The zero-order valence-electron chi connectivity index (χ0n) is 7.41. The number of rotatable bonds is 1. The van der Waals surface area contributed by atoms with Gasteiger partial charge in [0.05, 0.1) is 19.3 Å². The van der Waals surface area contributed by atoms with Gasteiger partial charge in [-0.2, -0.15) is 5.26 Å². The predicted octanol–water partition coefficient (Wildman–Crippen LogP) is 1.47. The molecule has 1 heterocycles. The van der Waals surface area contributed by atoms with E-state index < -0.39 is 0 Å². The Hall–Kier alpha value is -0.850. The Morgan fingerprint density at radius 3 is 2.50 bits per heavy atom. The van der Waals surface area contributed by atoms with Crippen LogP contribution in [0.2, 0.25) is 0 Å². The molecule has 12 heavy (non-hydrogen) atoms. The number of hydrogen-bond acceptors (Lipinski definition) is 3. The third-order valence-electron chi connectivity index (χ3n) is 1.60. The molecule has 0 unspecified atom stereocenters. The predicted molar refractivity (Wildman–Crippen MR) is 44.2 cm³/mol. The number of nitrogens with zero attached hydrogens (tertiary/aromatic N) is 1. The minimum atomic E-state index is -0.335. The number of allylic oxidation sites excluding steroid dienone is 1. The van der Waals surface area contributed by atoms with E-state index in [2.05, 4.69) is 13.8 Å². The van der Waals surface area contributed by atoms with Gasteiger partial charge < -0.3 is 9.47 Å². The van der Waals surface area contributed by atoms with E-state index in [1.54, 1.807) is 6.08 Å². The van der Waals surface area contributed by atoms with Crippen molar-refractivity contribution in [2.45, 2.75) is 20.1 Å². The van der Waals surface area contributed by atoms with Crippen LogP contribution in [-0.2, 0) is 9.47 Å². The van der Waals surface area contributed by atoms with Crippen molar-refractivity contribution < 1.29 is 9.47 Å². The molecule has 66 valence electrons. The van der Waals surface area contributed by atoms with Crippen LogP contribution in [0.4, 0.5) is 0 Å². The van der Waals surface area contributed by atoms with Gasteiger partial charge in [-0.1, -0.05) is 13.8 Å². The van der Waals surface area contributed by atoms with Gasteiger partial charge in [-0.3, -0.25) is 0 Å². The fraction of sp³-hybridized carbons (Fsp3) is 0.667. The molecular formula is C9H13NO2. The topological polar surface area (TPSA) is 42.2 Å². The third-order valence-corrected chi connectivity index (χ3v) is 1.60. The maximum Gasteiger partial charge on any atom is 0.177 e. The molecule has 0 aromatic carbocycles. The van der Waals surface area contributed by atoms with Gasteiger partial charge in [0.25, 0.3) is 0 Å². The first-order valence-electron chi connectivity index (χ1n) is 3.93. The van der Waals surface area contributed by atoms with Gasteiger partial charge in [0.1, 0.15) is 0 Å². The lowest BCUT2D eigenvalue weighted by Crippen LogP contribution is -2.36. The molecule has 0 aliphatic carbocycles. The fourth-order valence-electron chi connectivity index (χ4n) is 0.938. The number of nitriles is 1. The summed E-state index contributed by atoms with van der Waals surface area (Å²) in [4.78, 5) is 0. The summed E-state index contributed by atoms with van der Waals surface area (Å²) >= 11 is 0. The van der Waals surface area contributed by atoms with Gasteiger partial charge in [0.15, 0.2) is 6.29 Å². The van der Waals surface area contributed by atoms with Crippen molar-refractivity contribution in [2.75, 3.05) is 13.2 Å². The fourth-order valence-corrected chi connectivity index (χ4v) is 0.938. The molecule has 0 radical (unpaired) electrons. The lowest BCUT2D eigenvalue weighted by Gasteiger charge is -2.33. The normalized spacial score (nSPS) is 24.1. The largest absolute Gasteiger partial charge is 0.348 e. The summed E-state index contributed by atoms with van der Waals surface area (Å²) in [5.41, 5.74) is 0.0942. The molecular weight excluding hydrogens is 154 g/mol. The molecule has 0 saturated carbocycles. The smallest absolute Gasteiger partial charge is 0.177 e. The molecule has 1 rings (SSSR count). The molecule has 0 aromatic heterocycles. The zero-order valence-corrected chi connectivity index (χ0v) is 7.41. The molecule has 0 N–H and O–H groups in total. The van der Waals surface area contributed by atoms with Gasteiger partial charge in [-0.15, -0.1) is 0 Å². The van der Waals surface area contributed by atoms with Crippen LogP contribution in [0.5, 0.6) is 0 Å². The highest BCUT2D eigenvalue weighted by Crippen LogP contribution is 2.22. The monoisotopic (exact) mass is 167 g/mol. The standard InChI is InChI=1S/C9H13NO2/c1-9(2)6-11-8(12-7-9)4-3-5-10/h3-4,8H,6-7H2,1-2H3/b4-3+. The van der Waals surface area contributed by atoms with E-state index in [0.29, 0.717) is 13.2 Å². The first-order valence-corrected chi connectivity index (χ1v) is 3.93. The van der Waals surface area contributed by atoms with Crippen LogP contribution in [0.15, 0.2) is 12.2 Å². The molecule has 0 aromatic rings. The summed E-state index contributed by atoms with van der Waals surface area (Å²) in [5.74, 6) is 0. The van der Waals surface area contributed by atoms with Gasteiger partial charge in [0, 0.05) is 11.5 Å². The maximum absolute atomic E-state index is 8.25. The number of hydrogen-bond donors (Lipinski definition) is 0. The summed E-state index contributed by atoms with van der Waals surface area (Å²) in [5, 5.41) is 8.25. The van der Waals surface area contributed by atoms with E-state index in [-0.39, 0.29) is 11.7 Å². The van der Waals surface area contributed by atoms with Crippen LogP contribution in [0.3, 0.4) is 0 Å². The lowest BCUT2D eigenvalue weighted by molar-refractivity contribution is -0.197. The molecule has 1 saturated heterocycles. The van der Waals surface area contributed by atoms with E-state index in [4.69, 9.17) is 14.7 Å². The van der Waals surface area contributed by atoms with E-state index in [0.717, 1.165) is 0 Å². The summed E-state index contributed by atoms with van der Waals surface area (Å²) in [6, 6.07) is 1.90. The van der Waals surface area contributed by atoms with Gasteiger partial charge in [-0.05, 0) is 6.08 Å². The molecule has 3 heteroatoms. The van der Waals surface area contributed by atoms with Gasteiger partial charge >= 0.3 is 0 Å². The van der Waals surface area contributed by atoms with Crippen molar-refractivity contribution >= 4 is 0 Å². The molecule has 0 amide bonds. The third kappa shape index (κ3) is 2.65. The maximum atomic E-state index is 8.25. The Kier molecular flexibility index (Phi) is 2.85. The molecule has 1 fully saturated rings. The quantitative estimate of drug-likeness (QED) is 0.555. The average molecular weight is 167 g/mol. The van der Waals surface area contributed by atoms with E-state index in [9.17, 15) is 0 Å². The molecule has 0 spiro atoms. The molecule has 0 bridgehead atoms. The summed E-state index contributed by atoms with van der Waals surface area (Å²) in [6.07, 6.45) is 2.66. The Morgan fingerprint density at radius 2 is 2.00 bits per heavy atom. The van der Waals surface area contributed by atoms with Crippen LogP contribution in [0.1, 0.15) is 13.8 Å². The molecule has 3 nitrogen and oxygen atoms in total. The average Bonchev–Trinajstić information content (AvgIpc) is 2.03. The summed E-state index contributed by atoms with van der Waals surface area (Å²) in [7, 11) is 0. The first kappa shape index (κ1) is 9.24. The Bertz CT molecular complexity index is 205. The first-order chi connectivity index (χ1) is 5.64. The molecule has 1 aliphatic rings. The Morgan fingerprint density at radius 1 is 1.42 bits per heavy atom. The van der Waals surface area contributed by atoms with E-state index in [1.807, 2.05) is 6.07 Å². The summed E-state index contributed by atoms with van der Waals surface area (Å²) < 4.78 is 10.7. The van der Waals surface area contributed by atoms with Crippen molar-refractivity contribution in [3.63, 3.8) is 0 Å². The van der Waals surface area contributed by atoms with Crippen molar-refractivity contribution in [3.05, 3.63) is 12.2 Å². The SMILES string of the molecule is CC1(C)COC(/C=C/C#N)OC1. The van der Waals surface area contributed by atoms with Crippen LogP contribution in [0.25, 0.3) is 0 Å². The van der Waals surface area contributed by atoms with Crippen molar-refractivity contribution in [2.24, 2.45) is 5.41 Å². The highest BCUT2D eigenvalue weighted by molar-refractivity contribution is 5.03. The zero-order chi connectivity index (χ0) is 9.03. The second-order valence-corrected chi connectivity index (χ2v) is 3.64. The molecule has 0 atom stereocenters. The number of ether oxygens (including phenoxy) is 2. The van der Waals surface area contributed by atoms with Crippen molar-refractivity contribution in [3.8, 4) is 6.07 Å². The minimum absolute atomic E-state index is 0.0942. The van der Waals surface area contributed by atoms with Crippen molar-refractivity contribution in [1.29, 1.82) is 5.26 Å². The molecule has 1 aliphatic heterocycles. The second-order valence-electron chi connectivity index (χ2n) is 3.64. The minimum Gasteiger partial charge on any atom is -0.348 e.